The van der Waals surface area contributed by atoms with Gasteiger partial charge in [0.1, 0.15) is 11.6 Å². The summed E-state index contributed by atoms with van der Waals surface area (Å²) in [5.74, 6) is 2.01. The van der Waals surface area contributed by atoms with Crippen LogP contribution in [0, 0.1) is 6.92 Å². The van der Waals surface area contributed by atoms with Crippen molar-refractivity contribution in [1.82, 2.24) is 9.97 Å². The molecule has 0 spiro atoms. The van der Waals surface area contributed by atoms with Crippen molar-refractivity contribution in [2.24, 2.45) is 0 Å². The van der Waals surface area contributed by atoms with Crippen LogP contribution < -0.4 is 4.90 Å². The quantitative estimate of drug-likeness (QED) is 0.770. The summed E-state index contributed by atoms with van der Waals surface area (Å²) < 4.78 is 0. The lowest BCUT2D eigenvalue weighted by Gasteiger charge is -2.38. The number of aromatic nitrogens is 2. The van der Waals surface area contributed by atoms with Crippen LogP contribution in [0.15, 0.2) is 6.07 Å². The zero-order valence-electron chi connectivity index (χ0n) is 11.1. The van der Waals surface area contributed by atoms with Crippen LogP contribution in [0.4, 0.5) is 5.82 Å². The minimum absolute atomic E-state index is 0.354. The maximum absolute atomic E-state index is 6.33. The van der Waals surface area contributed by atoms with Crippen molar-refractivity contribution in [1.29, 1.82) is 0 Å². The normalized spacial score (nSPS) is 30.8. The van der Waals surface area contributed by atoms with Crippen molar-refractivity contribution in [2.75, 3.05) is 4.90 Å². The highest BCUT2D eigenvalue weighted by molar-refractivity contribution is 6.20. The average Bonchev–Trinajstić information content (AvgIpc) is 2.61. The molecule has 2 aliphatic heterocycles. The zero-order valence-corrected chi connectivity index (χ0v) is 11.8. The Kier molecular flexibility index (Phi) is 3.18. The molecule has 2 bridgehead atoms. The Balaban J connectivity index is 1.93. The molecule has 1 aromatic heterocycles. The molecule has 0 N–H and O–H groups in total. The van der Waals surface area contributed by atoms with Crippen LogP contribution in [0.2, 0.25) is 0 Å². The van der Waals surface area contributed by atoms with Crippen molar-refractivity contribution in [3.63, 3.8) is 0 Å². The summed E-state index contributed by atoms with van der Waals surface area (Å²) in [7, 11) is 0. The second-order valence-electron chi connectivity index (χ2n) is 5.48. The molecule has 0 radical (unpaired) electrons. The van der Waals surface area contributed by atoms with Crippen LogP contribution in [0.1, 0.15) is 44.1 Å². The standard InChI is InChI=1S/C14H20ClN3/c1-3-11-8-14(17-9(2)16-11)18-12-4-5-13(18)7-10(15)6-12/h8,10,12-13H,3-7H2,1-2H3. The predicted molar refractivity (Wildman–Crippen MR) is 74.3 cm³/mol. The topological polar surface area (TPSA) is 29.0 Å². The highest BCUT2D eigenvalue weighted by atomic mass is 35.5. The summed E-state index contributed by atoms with van der Waals surface area (Å²) in [6.45, 7) is 4.13. The smallest absolute Gasteiger partial charge is 0.133 e. The first-order valence-corrected chi connectivity index (χ1v) is 7.38. The van der Waals surface area contributed by atoms with Gasteiger partial charge in [-0.2, -0.15) is 0 Å². The Hall–Kier alpha value is -0.830. The minimum atomic E-state index is 0.354. The lowest BCUT2D eigenvalue weighted by molar-refractivity contribution is 0.469. The Morgan fingerprint density at radius 2 is 1.94 bits per heavy atom. The van der Waals surface area contributed by atoms with E-state index in [1.807, 2.05) is 6.92 Å². The van der Waals surface area contributed by atoms with Crippen molar-refractivity contribution >= 4 is 17.4 Å². The van der Waals surface area contributed by atoms with Gasteiger partial charge in [-0.25, -0.2) is 9.97 Å². The van der Waals surface area contributed by atoms with E-state index >= 15 is 0 Å². The molecule has 0 aromatic carbocycles. The molecule has 98 valence electrons. The van der Waals surface area contributed by atoms with Crippen molar-refractivity contribution < 1.29 is 0 Å². The van der Waals surface area contributed by atoms with E-state index in [-0.39, 0.29) is 0 Å². The monoisotopic (exact) mass is 265 g/mol. The molecule has 3 nitrogen and oxygen atoms in total. The minimum Gasteiger partial charge on any atom is -0.350 e. The molecule has 4 heteroatoms. The van der Waals surface area contributed by atoms with Gasteiger partial charge in [0, 0.05) is 29.2 Å². The molecule has 3 heterocycles. The van der Waals surface area contributed by atoms with E-state index in [1.165, 1.54) is 12.8 Å². The number of hydrogen-bond donors (Lipinski definition) is 0. The van der Waals surface area contributed by atoms with E-state index in [0.29, 0.717) is 17.5 Å². The van der Waals surface area contributed by atoms with Crippen LogP contribution in [-0.2, 0) is 6.42 Å². The third kappa shape index (κ3) is 2.09. The SMILES string of the molecule is CCc1cc(N2C3CCC2CC(Cl)C3)nc(C)n1. The number of hydrogen-bond acceptors (Lipinski definition) is 3. The molecule has 2 aliphatic rings. The highest BCUT2D eigenvalue weighted by Crippen LogP contribution is 2.40. The summed E-state index contributed by atoms with van der Waals surface area (Å²) in [5, 5.41) is 0.354. The van der Waals surface area contributed by atoms with Crippen LogP contribution >= 0.6 is 11.6 Å². The van der Waals surface area contributed by atoms with E-state index in [0.717, 1.165) is 36.6 Å². The maximum atomic E-state index is 6.33. The van der Waals surface area contributed by atoms with Gasteiger partial charge in [0.25, 0.3) is 0 Å². The van der Waals surface area contributed by atoms with Gasteiger partial charge in [0.2, 0.25) is 0 Å². The van der Waals surface area contributed by atoms with Gasteiger partial charge in [-0.1, -0.05) is 6.92 Å². The van der Waals surface area contributed by atoms with Gasteiger partial charge in [-0.3, -0.25) is 0 Å². The second-order valence-corrected chi connectivity index (χ2v) is 6.10. The van der Waals surface area contributed by atoms with E-state index < -0.39 is 0 Å². The van der Waals surface area contributed by atoms with Crippen LogP contribution in [0.25, 0.3) is 0 Å². The fraction of sp³-hybridized carbons (Fsp3) is 0.714. The number of alkyl halides is 1. The van der Waals surface area contributed by atoms with Crippen molar-refractivity contribution in [2.45, 2.75) is 63.4 Å². The molecule has 18 heavy (non-hydrogen) atoms. The molecule has 0 amide bonds. The van der Waals surface area contributed by atoms with Gasteiger partial charge in [-0.15, -0.1) is 11.6 Å². The van der Waals surface area contributed by atoms with Crippen molar-refractivity contribution in [3.8, 4) is 0 Å². The second kappa shape index (κ2) is 4.69. The summed E-state index contributed by atoms with van der Waals surface area (Å²) >= 11 is 6.33. The summed E-state index contributed by atoms with van der Waals surface area (Å²) in [4.78, 5) is 11.6. The molecular weight excluding hydrogens is 246 g/mol. The molecule has 0 aliphatic carbocycles. The number of piperidine rings is 1. The number of rotatable bonds is 2. The molecule has 3 rings (SSSR count). The third-order valence-corrected chi connectivity index (χ3v) is 4.54. The van der Waals surface area contributed by atoms with Crippen LogP contribution in [0.5, 0.6) is 0 Å². The van der Waals surface area contributed by atoms with Crippen LogP contribution in [0.3, 0.4) is 0 Å². The van der Waals surface area contributed by atoms with Gasteiger partial charge < -0.3 is 4.90 Å². The summed E-state index contributed by atoms with van der Waals surface area (Å²) in [6.07, 6.45) is 5.69. The van der Waals surface area contributed by atoms with Gasteiger partial charge >= 0.3 is 0 Å². The third-order valence-electron chi connectivity index (χ3n) is 4.18. The molecule has 0 saturated carbocycles. The predicted octanol–water partition coefficient (Wildman–Crippen LogP) is 3.09. The Morgan fingerprint density at radius 3 is 2.56 bits per heavy atom. The van der Waals surface area contributed by atoms with Gasteiger partial charge in [0.05, 0.1) is 0 Å². The maximum Gasteiger partial charge on any atom is 0.133 e. The molecule has 2 saturated heterocycles. The molecular formula is C14H20ClN3. The summed E-state index contributed by atoms with van der Waals surface area (Å²) in [5.41, 5.74) is 1.14. The molecule has 2 fully saturated rings. The molecule has 2 unspecified atom stereocenters. The first kappa shape index (κ1) is 12.2. The average molecular weight is 266 g/mol. The number of halogens is 1. The Labute approximate surface area is 114 Å². The van der Waals surface area contributed by atoms with Gasteiger partial charge in [-0.05, 0) is 39.0 Å². The summed E-state index contributed by atoms with van der Waals surface area (Å²) in [6, 6.07) is 3.34. The van der Waals surface area contributed by atoms with Crippen LogP contribution in [-0.4, -0.2) is 27.4 Å². The first-order valence-electron chi connectivity index (χ1n) is 6.94. The Morgan fingerprint density at radius 1 is 1.28 bits per heavy atom. The lowest BCUT2D eigenvalue weighted by Crippen LogP contribution is -2.44. The first-order chi connectivity index (χ1) is 8.67. The van der Waals surface area contributed by atoms with E-state index in [9.17, 15) is 0 Å². The van der Waals surface area contributed by atoms with E-state index in [4.69, 9.17) is 11.6 Å². The fourth-order valence-corrected chi connectivity index (χ4v) is 3.82. The number of aryl methyl sites for hydroxylation is 2. The largest absolute Gasteiger partial charge is 0.350 e. The highest BCUT2D eigenvalue weighted by Gasteiger charge is 2.40. The molecule has 1 aromatic rings. The zero-order chi connectivity index (χ0) is 12.7. The van der Waals surface area contributed by atoms with Crippen molar-refractivity contribution in [3.05, 3.63) is 17.6 Å². The number of fused-ring (bicyclic) bond motifs is 2. The lowest BCUT2D eigenvalue weighted by atomic mass is 10.0. The van der Waals surface area contributed by atoms with E-state index in [1.54, 1.807) is 0 Å². The number of anilines is 1. The number of nitrogens with zero attached hydrogens (tertiary/aromatic N) is 3. The Bertz CT molecular complexity index is 435. The van der Waals surface area contributed by atoms with Gasteiger partial charge in [0.15, 0.2) is 0 Å². The van der Waals surface area contributed by atoms with E-state index in [2.05, 4.69) is 27.9 Å². The molecule has 2 atom stereocenters. The fourth-order valence-electron chi connectivity index (χ4n) is 3.41.